The van der Waals surface area contributed by atoms with E-state index < -0.39 is 0 Å². The van der Waals surface area contributed by atoms with Crippen molar-refractivity contribution in [3.63, 3.8) is 0 Å². The number of benzene rings is 1. The van der Waals surface area contributed by atoms with Crippen molar-refractivity contribution >= 4 is 11.9 Å². The van der Waals surface area contributed by atoms with Gasteiger partial charge in [0.2, 0.25) is 5.91 Å². The van der Waals surface area contributed by atoms with E-state index in [2.05, 4.69) is 20.9 Å². The molecule has 2 aromatic rings. The Balaban J connectivity index is 1.77. The number of carbonyl (C=O) groups excluding carboxylic acids is 1. The summed E-state index contributed by atoms with van der Waals surface area (Å²) >= 11 is 0. The Bertz CT molecular complexity index is 686. The minimum Gasteiger partial charge on any atom is -0.467 e. The van der Waals surface area contributed by atoms with Gasteiger partial charge in [0, 0.05) is 13.1 Å². The highest BCUT2D eigenvalue weighted by Gasteiger charge is 2.04. The number of aliphatic imine (C=N–C) groups is 1. The zero-order valence-electron chi connectivity index (χ0n) is 14.2. The van der Waals surface area contributed by atoms with Gasteiger partial charge in [0.05, 0.1) is 12.8 Å². The van der Waals surface area contributed by atoms with Crippen molar-refractivity contribution < 1.29 is 13.6 Å². The molecule has 0 aliphatic heterocycles. The summed E-state index contributed by atoms with van der Waals surface area (Å²) in [5.41, 5.74) is 0.641. The van der Waals surface area contributed by atoms with Crippen molar-refractivity contribution in [1.29, 1.82) is 0 Å². The lowest BCUT2D eigenvalue weighted by Crippen LogP contribution is -2.39. The third-order valence-corrected chi connectivity index (χ3v) is 3.41. The first-order valence-electron chi connectivity index (χ1n) is 8.23. The van der Waals surface area contributed by atoms with Crippen LogP contribution in [-0.4, -0.2) is 31.5 Å². The Labute approximate surface area is 146 Å². The fraction of sp³-hybridized carbons (Fsp3) is 0.333. The maximum absolute atomic E-state index is 13.6. The van der Waals surface area contributed by atoms with E-state index in [1.54, 1.807) is 36.6 Å². The number of carbonyl (C=O) groups is 1. The monoisotopic (exact) mass is 346 g/mol. The molecule has 6 nitrogen and oxygen atoms in total. The Morgan fingerprint density at radius 1 is 1.16 bits per heavy atom. The number of halogens is 1. The van der Waals surface area contributed by atoms with Crippen molar-refractivity contribution in [2.75, 3.05) is 19.6 Å². The van der Waals surface area contributed by atoms with Crippen LogP contribution in [0.4, 0.5) is 4.39 Å². The highest BCUT2D eigenvalue weighted by Crippen LogP contribution is 2.06. The number of amides is 1. The van der Waals surface area contributed by atoms with E-state index in [4.69, 9.17) is 4.42 Å². The SMILES string of the molecule is CCNC(=NCC(=O)NCc1ccco1)NCCc1ccccc1F. The van der Waals surface area contributed by atoms with Gasteiger partial charge in [-0.25, -0.2) is 9.38 Å². The molecule has 0 radical (unpaired) electrons. The summed E-state index contributed by atoms with van der Waals surface area (Å²) in [5.74, 6) is 0.783. The van der Waals surface area contributed by atoms with Crippen LogP contribution in [0.2, 0.25) is 0 Å². The van der Waals surface area contributed by atoms with Crippen LogP contribution in [0.5, 0.6) is 0 Å². The van der Waals surface area contributed by atoms with E-state index in [1.165, 1.54) is 6.07 Å². The molecule has 0 fully saturated rings. The van der Waals surface area contributed by atoms with Crippen molar-refractivity contribution in [1.82, 2.24) is 16.0 Å². The molecule has 2 rings (SSSR count). The average Bonchev–Trinajstić information content (AvgIpc) is 3.13. The molecule has 0 atom stereocenters. The second-order valence-corrected chi connectivity index (χ2v) is 5.32. The largest absolute Gasteiger partial charge is 0.467 e. The lowest BCUT2D eigenvalue weighted by atomic mass is 10.1. The van der Waals surface area contributed by atoms with Gasteiger partial charge in [0.25, 0.3) is 0 Å². The lowest BCUT2D eigenvalue weighted by Gasteiger charge is -2.11. The number of nitrogens with zero attached hydrogens (tertiary/aromatic N) is 1. The molecule has 0 aliphatic rings. The third kappa shape index (κ3) is 6.66. The van der Waals surface area contributed by atoms with Crippen molar-refractivity contribution in [2.45, 2.75) is 19.9 Å². The normalized spacial score (nSPS) is 11.2. The molecular weight excluding hydrogens is 323 g/mol. The topological polar surface area (TPSA) is 78.7 Å². The first kappa shape index (κ1) is 18.5. The summed E-state index contributed by atoms with van der Waals surface area (Å²) in [5, 5.41) is 8.88. The molecule has 1 heterocycles. The molecule has 0 saturated carbocycles. The summed E-state index contributed by atoms with van der Waals surface area (Å²) in [7, 11) is 0. The number of hydrogen-bond donors (Lipinski definition) is 3. The average molecular weight is 346 g/mol. The third-order valence-electron chi connectivity index (χ3n) is 3.41. The van der Waals surface area contributed by atoms with Crippen LogP contribution in [0.25, 0.3) is 0 Å². The van der Waals surface area contributed by atoms with Gasteiger partial charge in [-0.15, -0.1) is 0 Å². The van der Waals surface area contributed by atoms with Gasteiger partial charge < -0.3 is 20.4 Å². The highest BCUT2D eigenvalue weighted by molar-refractivity contribution is 5.84. The van der Waals surface area contributed by atoms with Gasteiger partial charge in [-0.1, -0.05) is 18.2 Å². The van der Waals surface area contributed by atoms with E-state index in [0.717, 1.165) is 0 Å². The Kier molecular flexibility index (Phi) is 7.49. The van der Waals surface area contributed by atoms with E-state index in [9.17, 15) is 9.18 Å². The molecule has 1 amide bonds. The Morgan fingerprint density at radius 3 is 2.72 bits per heavy atom. The molecule has 3 N–H and O–H groups in total. The van der Waals surface area contributed by atoms with E-state index in [0.29, 0.717) is 43.3 Å². The van der Waals surface area contributed by atoms with Crippen LogP contribution in [0, 0.1) is 5.82 Å². The van der Waals surface area contributed by atoms with Crippen LogP contribution in [0.1, 0.15) is 18.2 Å². The lowest BCUT2D eigenvalue weighted by molar-refractivity contribution is -0.119. The predicted octanol–water partition coefficient (Wildman–Crippen LogP) is 1.83. The maximum Gasteiger partial charge on any atom is 0.242 e. The molecule has 0 spiro atoms. The fourth-order valence-corrected chi connectivity index (χ4v) is 2.16. The van der Waals surface area contributed by atoms with E-state index in [-0.39, 0.29) is 18.3 Å². The summed E-state index contributed by atoms with van der Waals surface area (Å²) in [4.78, 5) is 16.0. The number of rotatable bonds is 8. The zero-order chi connectivity index (χ0) is 17.9. The molecule has 7 heteroatoms. The van der Waals surface area contributed by atoms with Gasteiger partial charge in [0.1, 0.15) is 18.1 Å². The van der Waals surface area contributed by atoms with Gasteiger partial charge in [-0.05, 0) is 37.1 Å². The quantitative estimate of drug-likeness (QED) is 0.503. The highest BCUT2D eigenvalue weighted by atomic mass is 19.1. The zero-order valence-corrected chi connectivity index (χ0v) is 14.2. The van der Waals surface area contributed by atoms with E-state index >= 15 is 0 Å². The molecular formula is C18H23FN4O2. The van der Waals surface area contributed by atoms with Gasteiger partial charge in [0.15, 0.2) is 5.96 Å². The summed E-state index contributed by atoms with van der Waals surface area (Å²) in [6, 6.07) is 10.2. The second-order valence-electron chi connectivity index (χ2n) is 5.32. The summed E-state index contributed by atoms with van der Waals surface area (Å²) in [6.45, 7) is 3.44. The second kappa shape index (κ2) is 10.1. The first-order chi connectivity index (χ1) is 12.2. The smallest absolute Gasteiger partial charge is 0.242 e. The van der Waals surface area contributed by atoms with Gasteiger partial charge in [-0.2, -0.15) is 0 Å². The number of hydrogen-bond acceptors (Lipinski definition) is 3. The number of furan rings is 1. The first-order valence-corrected chi connectivity index (χ1v) is 8.23. The summed E-state index contributed by atoms with van der Waals surface area (Å²) < 4.78 is 18.7. The number of nitrogens with one attached hydrogen (secondary N) is 3. The fourth-order valence-electron chi connectivity index (χ4n) is 2.16. The van der Waals surface area contributed by atoms with Crippen LogP contribution in [0.3, 0.4) is 0 Å². The molecule has 0 aliphatic carbocycles. The Morgan fingerprint density at radius 2 is 2.00 bits per heavy atom. The molecule has 134 valence electrons. The van der Waals surface area contributed by atoms with Crippen LogP contribution < -0.4 is 16.0 Å². The minimum atomic E-state index is -0.219. The van der Waals surface area contributed by atoms with Crippen LogP contribution >= 0.6 is 0 Å². The molecule has 25 heavy (non-hydrogen) atoms. The summed E-state index contributed by atoms with van der Waals surface area (Å²) in [6.07, 6.45) is 2.09. The number of guanidine groups is 1. The van der Waals surface area contributed by atoms with Crippen molar-refractivity contribution in [3.8, 4) is 0 Å². The molecule has 0 unspecified atom stereocenters. The van der Waals surface area contributed by atoms with E-state index in [1.807, 2.05) is 6.92 Å². The van der Waals surface area contributed by atoms with Gasteiger partial charge in [-0.3, -0.25) is 4.79 Å². The van der Waals surface area contributed by atoms with Crippen LogP contribution in [-0.2, 0) is 17.8 Å². The van der Waals surface area contributed by atoms with Crippen LogP contribution in [0.15, 0.2) is 52.1 Å². The molecule has 0 bridgehead atoms. The van der Waals surface area contributed by atoms with Gasteiger partial charge >= 0.3 is 0 Å². The molecule has 0 saturated heterocycles. The predicted molar refractivity (Wildman–Crippen MR) is 94.6 cm³/mol. The minimum absolute atomic E-state index is 0.00423. The standard InChI is InChI=1S/C18H23FN4O2/c1-2-20-18(21-10-9-14-6-3-4-8-16(14)19)23-13-17(24)22-12-15-7-5-11-25-15/h3-8,11H,2,9-10,12-13H2,1H3,(H,22,24)(H2,20,21,23). The van der Waals surface area contributed by atoms with Crippen molar-refractivity contribution in [2.24, 2.45) is 4.99 Å². The van der Waals surface area contributed by atoms with Crippen molar-refractivity contribution in [3.05, 3.63) is 59.8 Å². The molecule has 1 aromatic carbocycles. The maximum atomic E-state index is 13.6. The Hall–Kier alpha value is -2.83. The molecule has 1 aromatic heterocycles.